The van der Waals surface area contributed by atoms with Crippen molar-refractivity contribution in [1.29, 1.82) is 0 Å². The molecular formula is C17H28N2O. The first-order chi connectivity index (χ1) is 9.65. The molecule has 3 unspecified atom stereocenters. The summed E-state index contributed by atoms with van der Waals surface area (Å²) in [5.41, 5.74) is 8.61. The molecule has 1 fully saturated rings. The highest BCUT2D eigenvalue weighted by Crippen LogP contribution is 2.30. The van der Waals surface area contributed by atoms with Gasteiger partial charge >= 0.3 is 0 Å². The first-order valence-corrected chi connectivity index (χ1v) is 7.69. The number of benzene rings is 1. The van der Waals surface area contributed by atoms with Crippen LogP contribution in [0, 0.1) is 5.92 Å². The SMILES string of the molecule is COCc1ccc(C(CN)N2CCC(C)CC2C)cc1. The maximum absolute atomic E-state index is 6.06. The second kappa shape index (κ2) is 7.21. The summed E-state index contributed by atoms with van der Waals surface area (Å²) >= 11 is 0. The number of likely N-dealkylation sites (tertiary alicyclic amines) is 1. The molecule has 1 heterocycles. The molecule has 0 amide bonds. The van der Waals surface area contributed by atoms with E-state index in [9.17, 15) is 0 Å². The average molecular weight is 276 g/mol. The summed E-state index contributed by atoms with van der Waals surface area (Å²) in [7, 11) is 1.73. The Balaban J connectivity index is 2.10. The predicted molar refractivity (Wildman–Crippen MR) is 83.5 cm³/mol. The second-order valence-corrected chi connectivity index (χ2v) is 6.14. The summed E-state index contributed by atoms with van der Waals surface area (Å²) in [6, 6.07) is 9.67. The van der Waals surface area contributed by atoms with Gasteiger partial charge in [0.05, 0.1) is 6.61 Å². The normalized spacial score (nSPS) is 25.6. The Morgan fingerprint density at radius 2 is 2.00 bits per heavy atom. The zero-order chi connectivity index (χ0) is 14.5. The van der Waals surface area contributed by atoms with E-state index in [1.807, 2.05) is 0 Å². The lowest BCUT2D eigenvalue weighted by molar-refractivity contribution is 0.0847. The Kier molecular flexibility index (Phi) is 5.58. The van der Waals surface area contributed by atoms with Gasteiger partial charge in [0.2, 0.25) is 0 Å². The van der Waals surface area contributed by atoms with Crippen molar-refractivity contribution in [1.82, 2.24) is 4.90 Å². The van der Waals surface area contributed by atoms with Crippen molar-refractivity contribution in [2.24, 2.45) is 11.7 Å². The molecule has 3 heteroatoms. The first kappa shape index (κ1) is 15.5. The molecule has 2 N–H and O–H groups in total. The van der Waals surface area contributed by atoms with Crippen LogP contribution < -0.4 is 5.73 Å². The van der Waals surface area contributed by atoms with Gasteiger partial charge in [-0.15, -0.1) is 0 Å². The Bertz CT molecular complexity index is 404. The molecule has 0 radical (unpaired) electrons. The molecule has 0 saturated carbocycles. The lowest BCUT2D eigenvalue weighted by atomic mass is 9.90. The van der Waals surface area contributed by atoms with Gasteiger partial charge in [0, 0.05) is 25.7 Å². The third kappa shape index (κ3) is 3.60. The smallest absolute Gasteiger partial charge is 0.0713 e. The van der Waals surface area contributed by atoms with Gasteiger partial charge in [0.25, 0.3) is 0 Å². The van der Waals surface area contributed by atoms with Crippen LogP contribution in [0.4, 0.5) is 0 Å². The number of hydrogen-bond donors (Lipinski definition) is 1. The van der Waals surface area contributed by atoms with Gasteiger partial charge in [-0.3, -0.25) is 4.90 Å². The molecule has 20 heavy (non-hydrogen) atoms. The van der Waals surface area contributed by atoms with Crippen LogP contribution in [0.5, 0.6) is 0 Å². The lowest BCUT2D eigenvalue weighted by Crippen LogP contribution is -2.44. The van der Waals surface area contributed by atoms with Gasteiger partial charge in [-0.2, -0.15) is 0 Å². The van der Waals surface area contributed by atoms with E-state index in [-0.39, 0.29) is 0 Å². The number of nitrogens with two attached hydrogens (primary N) is 1. The third-order valence-corrected chi connectivity index (χ3v) is 4.49. The van der Waals surface area contributed by atoms with Crippen LogP contribution in [-0.4, -0.2) is 31.1 Å². The summed E-state index contributed by atoms with van der Waals surface area (Å²) in [6.07, 6.45) is 2.56. The van der Waals surface area contributed by atoms with Crippen molar-refractivity contribution < 1.29 is 4.74 Å². The Labute approximate surface area is 123 Å². The van der Waals surface area contributed by atoms with Crippen molar-refractivity contribution in [2.45, 2.75) is 45.4 Å². The van der Waals surface area contributed by atoms with Gasteiger partial charge < -0.3 is 10.5 Å². The molecule has 1 saturated heterocycles. The predicted octanol–water partition coefficient (Wildman–Crippen LogP) is 2.95. The summed E-state index contributed by atoms with van der Waals surface area (Å²) < 4.78 is 5.16. The molecule has 3 nitrogen and oxygen atoms in total. The molecule has 0 aromatic heterocycles. The minimum Gasteiger partial charge on any atom is -0.380 e. The molecule has 1 aromatic carbocycles. The van der Waals surface area contributed by atoms with E-state index in [0.29, 0.717) is 25.2 Å². The van der Waals surface area contributed by atoms with Gasteiger partial charge in [-0.1, -0.05) is 31.2 Å². The summed E-state index contributed by atoms with van der Waals surface area (Å²) in [4.78, 5) is 2.57. The van der Waals surface area contributed by atoms with Crippen molar-refractivity contribution in [3.05, 3.63) is 35.4 Å². The molecule has 112 valence electrons. The Hall–Kier alpha value is -0.900. The Morgan fingerprint density at radius 3 is 2.55 bits per heavy atom. The number of ether oxygens (including phenoxy) is 1. The van der Waals surface area contributed by atoms with E-state index >= 15 is 0 Å². The van der Waals surface area contributed by atoms with Crippen LogP contribution in [0.3, 0.4) is 0 Å². The van der Waals surface area contributed by atoms with Gasteiger partial charge in [0.15, 0.2) is 0 Å². The minimum absolute atomic E-state index is 0.342. The molecule has 1 aliphatic rings. The van der Waals surface area contributed by atoms with Crippen LogP contribution in [-0.2, 0) is 11.3 Å². The lowest BCUT2D eigenvalue weighted by Gasteiger charge is -2.41. The first-order valence-electron chi connectivity index (χ1n) is 7.69. The second-order valence-electron chi connectivity index (χ2n) is 6.14. The van der Waals surface area contributed by atoms with E-state index in [4.69, 9.17) is 10.5 Å². The van der Waals surface area contributed by atoms with E-state index in [0.717, 1.165) is 12.5 Å². The highest BCUT2D eigenvalue weighted by Gasteiger charge is 2.28. The molecule has 2 rings (SSSR count). The van der Waals surface area contributed by atoms with E-state index in [1.165, 1.54) is 24.0 Å². The quantitative estimate of drug-likeness (QED) is 0.898. The fourth-order valence-electron chi connectivity index (χ4n) is 3.35. The van der Waals surface area contributed by atoms with Crippen LogP contribution >= 0.6 is 0 Å². The van der Waals surface area contributed by atoms with Crippen LogP contribution in [0.1, 0.15) is 43.9 Å². The van der Waals surface area contributed by atoms with Crippen LogP contribution in [0.2, 0.25) is 0 Å². The topological polar surface area (TPSA) is 38.5 Å². The number of methoxy groups -OCH3 is 1. The third-order valence-electron chi connectivity index (χ3n) is 4.49. The van der Waals surface area contributed by atoms with E-state index in [2.05, 4.69) is 43.0 Å². The highest BCUT2D eigenvalue weighted by atomic mass is 16.5. The van der Waals surface area contributed by atoms with Crippen molar-refractivity contribution in [3.8, 4) is 0 Å². The number of rotatable bonds is 5. The molecular weight excluding hydrogens is 248 g/mol. The molecule has 0 aliphatic carbocycles. The monoisotopic (exact) mass is 276 g/mol. The maximum atomic E-state index is 6.06. The molecule has 0 bridgehead atoms. The maximum Gasteiger partial charge on any atom is 0.0713 e. The molecule has 0 spiro atoms. The summed E-state index contributed by atoms with van der Waals surface area (Å²) in [5.74, 6) is 0.837. The number of piperidine rings is 1. The van der Waals surface area contributed by atoms with Crippen LogP contribution in [0.25, 0.3) is 0 Å². The van der Waals surface area contributed by atoms with Gasteiger partial charge in [0.1, 0.15) is 0 Å². The van der Waals surface area contributed by atoms with E-state index < -0.39 is 0 Å². The molecule has 1 aromatic rings. The zero-order valence-corrected chi connectivity index (χ0v) is 13.0. The van der Waals surface area contributed by atoms with E-state index in [1.54, 1.807) is 7.11 Å². The number of nitrogens with zero attached hydrogens (tertiary/aromatic N) is 1. The highest BCUT2D eigenvalue weighted by molar-refractivity contribution is 5.25. The van der Waals surface area contributed by atoms with Crippen molar-refractivity contribution in [2.75, 3.05) is 20.2 Å². The minimum atomic E-state index is 0.342. The standard InChI is InChI=1S/C17H28N2O/c1-13-8-9-19(14(2)10-13)17(11-18)16-6-4-15(5-7-16)12-20-3/h4-7,13-14,17H,8-12,18H2,1-3H3. The van der Waals surface area contributed by atoms with Gasteiger partial charge in [-0.25, -0.2) is 0 Å². The summed E-state index contributed by atoms with van der Waals surface area (Å²) in [6.45, 7) is 7.19. The largest absolute Gasteiger partial charge is 0.380 e. The van der Waals surface area contributed by atoms with Crippen molar-refractivity contribution in [3.63, 3.8) is 0 Å². The van der Waals surface area contributed by atoms with Crippen LogP contribution in [0.15, 0.2) is 24.3 Å². The summed E-state index contributed by atoms with van der Waals surface area (Å²) in [5, 5.41) is 0. The van der Waals surface area contributed by atoms with Crippen molar-refractivity contribution >= 4 is 0 Å². The zero-order valence-electron chi connectivity index (χ0n) is 13.0. The molecule has 1 aliphatic heterocycles. The molecule has 3 atom stereocenters. The number of hydrogen-bond acceptors (Lipinski definition) is 3. The van der Waals surface area contributed by atoms with Gasteiger partial charge in [-0.05, 0) is 43.4 Å². The average Bonchev–Trinajstić information content (AvgIpc) is 2.44. The fourth-order valence-corrected chi connectivity index (χ4v) is 3.35. The fraction of sp³-hybridized carbons (Fsp3) is 0.647. The Morgan fingerprint density at radius 1 is 1.30 bits per heavy atom.